The third-order valence-corrected chi connectivity index (χ3v) is 3.95. The van der Waals surface area contributed by atoms with Gasteiger partial charge in [-0.1, -0.05) is 36.4 Å². The number of hydrogen-bond donors (Lipinski definition) is 2. The molecule has 6 nitrogen and oxygen atoms in total. The summed E-state index contributed by atoms with van der Waals surface area (Å²) in [5.41, 5.74) is 4.54. The van der Waals surface area contributed by atoms with Crippen LogP contribution in [0.4, 0.5) is 0 Å². The van der Waals surface area contributed by atoms with Gasteiger partial charge < -0.3 is 14.6 Å². The summed E-state index contributed by atoms with van der Waals surface area (Å²) in [6, 6.07) is 21.1. The number of hydrazone groups is 1. The number of benzene rings is 3. The topological polar surface area (TPSA) is 80.2 Å². The predicted octanol–water partition coefficient (Wildman–Crippen LogP) is 3.74. The lowest BCUT2D eigenvalue weighted by Crippen LogP contribution is -2.17. The maximum atomic E-state index is 12.1. The van der Waals surface area contributed by atoms with Crippen LogP contribution in [-0.4, -0.2) is 24.3 Å². The molecule has 0 saturated carbocycles. The Bertz CT molecular complexity index is 954. The van der Waals surface area contributed by atoms with Crippen molar-refractivity contribution in [2.75, 3.05) is 7.11 Å². The number of carbonyl (C=O) groups is 1. The lowest BCUT2D eigenvalue weighted by atomic mass is 10.2. The fourth-order valence-electron chi connectivity index (χ4n) is 2.52. The van der Waals surface area contributed by atoms with Crippen molar-refractivity contribution in [3.05, 3.63) is 89.5 Å². The molecule has 142 valence electrons. The summed E-state index contributed by atoms with van der Waals surface area (Å²) in [6.45, 7) is 0.377. The zero-order chi connectivity index (χ0) is 19.8. The van der Waals surface area contributed by atoms with Crippen LogP contribution in [0.25, 0.3) is 0 Å². The molecule has 6 heteroatoms. The van der Waals surface area contributed by atoms with E-state index in [0.29, 0.717) is 29.2 Å². The molecule has 0 aliphatic heterocycles. The maximum absolute atomic E-state index is 12.1. The van der Waals surface area contributed by atoms with E-state index in [1.54, 1.807) is 13.2 Å². The molecule has 28 heavy (non-hydrogen) atoms. The molecule has 1 amide bonds. The Kier molecular flexibility index (Phi) is 6.25. The Morgan fingerprint density at radius 2 is 1.79 bits per heavy atom. The van der Waals surface area contributed by atoms with Gasteiger partial charge in [0.15, 0.2) is 11.5 Å². The SMILES string of the molecule is COc1cccc(/C=N\NC(=O)c2ccc(O)cc2)c1OCc1ccccc1. The molecule has 0 atom stereocenters. The van der Waals surface area contributed by atoms with Crippen LogP contribution in [0.15, 0.2) is 77.9 Å². The van der Waals surface area contributed by atoms with Crippen molar-refractivity contribution in [2.24, 2.45) is 5.10 Å². The Labute approximate surface area is 163 Å². The number of aromatic hydroxyl groups is 1. The zero-order valence-corrected chi connectivity index (χ0v) is 15.3. The zero-order valence-electron chi connectivity index (χ0n) is 15.3. The standard InChI is InChI=1S/C22H20N2O4/c1-27-20-9-5-8-18(21(20)28-15-16-6-3-2-4-7-16)14-23-24-22(26)17-10-12-19(25)13-11-17/h2-14,25H,15H2,1H3,(H,24,26)/b23-14-. The molecule has 0 unspecified atom stereocenters. The summed E-state index contributed by atoms with van der Waals surface area (Å²) >= 11 is 0. The van der Waals surface area contributed by atoms with E-state index in [9.17, 15) is 9.90 Å². The highest BCUT2D eigenvalue weighted by atomic mass is 16.5. The van der Waals surface area contributed by atoms with Crippen molar-refractivity contribution in [1.82, 2.24) is 5.43 Å². The van der Waals surface area contributed by atoms with Crippen LogP contribution in [0.3, 0.4) is 0 Å². The molecule has 0 fully saturated rings. The van der Waals surface area contributed by atoms with Gasteiger partial charge in [0.05, 0.1) is 13.3 Å². The molecule has 3 rings (SSSR count). The van der Waals surface area contributed by atoms with Gasteiger partial charge in [-0.2, -0.15) is 5.10 Å². The van der Waals surface area contributed by atoms with E-state index in [-0.39, 0.29) is 11.7 Å². The van der Waals surface area contributed by atoms with Crippen molar-refractivity contribution >= 4 is 12.1 Å². The van der Waals surface area contributed by atoms with Crippen molar-refractivity contribution < 1.29 is 19.4 Å². The van der Waals surface area contributed by atoms with Crippen molar-refractivity contribution in [2.45, 2.75) is 6.61 Å². The van der Waals surface area contributed by atoms with Gasteiger partial charge in [0.25, 0.3) is 5.91 Å². The number of phenols is 1. The number of para-hydroxylation sites is 1. The van der Waals surface area contributed by atoms with E-state index in [1.165, 1.54) is 30.5 Å². The highest BCUT2D eigenvalue weighted by molar-refractivity contribution is 5.95. The Balaban J connectivity index is 1.72. The van der Waals surface area contributed by atoms with Crippen LogP contribution in [0.1, 0.15) is 21.5 Å². The molecular weight excluding hydrogens is 356 g/mol. The van der Waals surface area contributed by atoms with Gasteiger partial charge in [0.1, 0.15) is 12.4 Å². The van der Waals surface area contributed by atoms with E-state index in [0.717, 1.165) is 5.56 Å². The highest BCUT2D eigenvalue weighted by Crippen LogP contribution is 2.30. The van der Waals surface area contributed by atoms with Crippen molar-refractivity contribution in [3.63, 3.8) is 0 Å². The Morgan fingerprint density at radius 1 is 1.04 bits per heavy atom. The largest absolute Gasteiger partial charge is 0.508 e. The van der Waals surface area contributed by atoms with Gasteiger partial charge in [-0.25, -0.2) is 5.43 Å². The van der Waals surface area contributed by atoms with Gasteiger partial charge in [-0.3, -0.25) is 4.79 Å². The monoisotopic (exact) mass is 376 g/mol. The third kappa shape index (κ3) is 4.88. The van der Waals surface area contributed by atoms with E-state index >= 15 is 0 Å². The first-order chi connectivity index (χ1) is 13.7. The average Bonchev–Trinajstić information content (AvgIpc) is 2.73. The van der Waals surface area contributed by atoms with Gasteiger partial charge in [0.2, 0.25) is 0 Å². The average molecular weight is 376 g/mol. The van der Waals surface area contributed by atoms with Crippen molar-refractivity contribution in [1.29, 1.82) is 0 Å². The molecule has 0 saturated heterocycles. The van der Waals surface area contributed by atoms with Crippen LogP contribution < -0.4 is 14.9 Å². The minimum absolute atomic E-state index is 0.0941. The predicted molar refractivity (Wildman–Crippen MR) is 107 cm³/mol. The second-order valence-electron chi connectivity index (χ2n) is 5.90. The molecule has 0 heterocycles. The molecule has 0 aliphatic rings. The number of nitrogens with one attached hydrogen (secondary N) is 1. The number of nitrogens with zero attached hydrogens (tertiary/aromatic N) is 1. The van der Waals surface area contributed by atoms with Gasteiger partial charge in [-0.05, 0) is 42.0 Å². The minimum Gasteiger partial charge on any atom is -0.508 e. The molecule has 0 spiro atoms. The van der Waals surface area contributed by atoms with E-state index in [1.807, 2.05) is 42.5 Å². The first-order valence-corrected chi connectivity index (χ1v) is 8.63. The Hall–Kier alpha value is -3.80. The fourth-order valence-corrected chi connectivity index (χ4v) is 2.52. The summed E-state index contributed by atoms with van der Waals surface area (Å²) in [5, 5.41) is 13.3. The number of ether oxygens (including phenoxy) is 2. The number of hydrogen-bond acceptors (Lipinski definition) is 5. The second kappa shape index (κ2) is 9.23. The molecular formula is C22H20N2O4. The molecule has 3 aromatic carbocycles. The van der Waals surface area contributed by atoms with E-state index in [4.69, 9.17) is 9.47 Å². The molecule has 0 aromatic heterocycles. The smallest absolute Gasteiger partial charge is 0.271 e. The molecule has 0 radical (unpaired) electrons. The van der Waals surface area contributed by atoms with Gasteiger partial charge in [0, 0.05) is 11.1 Å². The first-order valence-electron chi connectivity index (χ1n) is 8.63. The quantitative estimate of drug-likeness (QED) is 0.486. The lowest BCUT2D eigenvalue weighted by Gasteiger charge is -2.13. The number of rotatable bonds is 7. The number of carbonyl (C=O) groups excluding carboxylic acids is 1. The summed E-state index contributed by atoms with van der Waals surface area (Å²) in [6.07, 6.45) is 1.50. The summed E-state index contributed by atoms with van der Waals surface area (Å²) in [5.74, 6) is 0.823. The Morgan fingerprint density at radius 3 is 2.50 bits per heavy atom. The first kappa shape index (κ1) is 19.0. The van der Waals surface area contributed by atoms with Crippen LogP contribution in [-0.2, 0) is 6.61 Å². The minimum atomic E-state index is -0.383. The summed E-state index contributed by atoms with van der Waals surface area (Å²) < 4.78 is 11.3. The van der Waals surface area contributed by atoms with E-state index < -0.39 is 0 Å². The van der Waals surface area contributed by atoms with Crippen LogP contribution in [0.2, 0.25) is 0 Å². The van der Waals surface area contributed by atoms with Gasteiger partial charge in [-0.15, -0.1) is 0 Å². The molecule has 3 aromatic rings. The summed E-state index contributed by atoms with van der Waals surface area (Å²) in [4.78, 5) is 12.1. The van der Waals surface area contributed by atoms with Crippen LogP contribution in [0.5, 0.6) is 17.2 Å². The molecule has 0 bridgehead atoms. The normalized spacial score (nSPS) is 10.6. The van der Waals surface area contributed by atoms with Crippen LogP contribution in [0, 0.1) is 0 Å². The highest BCUT2D eigenvalue weighted by Gasteiger charge is 2.10. The second-order valence-corrected chi connectivity index (χ2v) is 5.90. The third-order valence-electron chi connectivity index (χ3n) is 3.95. The number of amides is 1. The van der Waals surface area contributed by atoms with Crippen LogP contribution >= 0.6 is 0 Å². The molecule has 2 N–H and O–H groups in total. The maximum Gasteiger partial charge on any atom is 0.271 e. The molecule has 0 aliphatic carbocycles. The number of phenolic OH excluding ortho intramolecular Hbond substituents is 1. The van der Waals surface area contributed by atoms with Crippen molar-refractivity contribution in [3.8, 4) is 17.2 Å². The van der Waals surface area contributed by atoms with E-state index in [2.05, 4.69) is 10.5 Å². The number of methoxy groups -OCH3 is 1. The van der Waals surface area contributed by atoms with Gasteiger partial charge >= 0.3 is 0 Å². The summed E-state index contributed by atoms with van der Waals surface area (Å²) in [7, 11) is 1.57. The lowest BCUT2D eigenvalue weighted by molar-refractivity contribution is 0.0955. The fraction of sp³-hybridized carbons (Fsp3) is 0.0909.